The second-order valence-corrected chi connectivity index (χ2v) is 8.93. The van der Waals surface area contributed by atoms with E-state index in [4.69, 9.17) is 11.6 Å². The van der Waals surface area contributed by atoms with E-state index in [1.165, 1.54) is 16.9 Å². The van der Waals surface area contributed by atoms with Gasteiger partial charge in [0, 0.05) is 17.1 Å². The highest BCUT2D eigenvalue weighted by Gasteiger charge is 2.44. The molecule has 166 valence electrons. The van der Waals surface area contributed by atoms with Gasteiger partial charge in [-0.3, -0.25) is 14.4 Å². The summed E-state index contributed by atoms with van der Waals surface area (Å²) in [6.07, 6.45) is 7.40. The Morgan fingerprint density at radius 3 is 2.59 bits per heavy atom. The van der Waals surface area contributed by atoms with Crippen LogP contribution in [0.2, 0.25) is 5.02 Å². The number of benzene rings is 2. The number of imide groups is 1. The number of aryl methyl sites for hydroxylation is 1. The minimum Gasteiger partial charge on any atom is -0.326 e. The molecular formula is C26H27ClN2O3. The van der Waals surface area contributed by atoms with E-state index in [0.717, 1.165) is 31.2 Å². The highest BCUT2D eigenvalue weighted by atomic mass is 35.5. The quantitative estimate of drug-likeness (QED) is 0.442. The van der Waals surface area contributed by atoms with Crippen molar-refractivity contribution in [3.63, 3.8) is 0 Å². The number of carbonyl (C=O) groups excluding carboxylic acids is 3. The van der Waals surface area contributed by atoms with Crippen LogP contribution >= 0.6 is 11.6 Å². The average molecular weight is 451 g/mol. The fraction of sp³-hybridized carbons (Fsp3) is 0.346. The van der Waals surface area contributed by atoms with Gasteiger partial charge in [0.1, 0.15) is 6.04 Å². The van der Waals surface area contributed by atoms with Gasteiger partial charge in [-0.15, -0.1) is 0 Å². The van der Waals surface area contributed by atoms with Gasteiger partial charge in [-0.05, 0) is 75.4 Å². The summed E-state index contributed by atoms with van der Waals surface area (Å²) in [7, 11) is 0. The summed E-state index contributed by atoms with van der Waals surface area (Å²) in [6, 6.07) is 13.2. The topological polar surface area (TPSA) is 57.7 Å². The molecule has 5 nitrogen and oxygen atoms in total. The first-order valence-corrected chi connectivity index (χ1v) is 11.5. The number of halogens is 1. The summed E-state index contributed by atoms with van der Waals surface area (Å²) in [5, 5.41) is 0.529. The lowest BCUT2D eigenvalue weighted by molar-refractivity contribution is -0.122. The van der Waals surface area contributed by atoms with Crippen LogP contribution in [-0.2, 0) is 9.59 Å². The summed E-state index contributed by atoms with van der Waals surface area (Å²) >= 11 is 5.96. The Hall–Kier alpha value is -2.92. The van der Waals surface area contributed by atoms with Crippen LogP contribution in [0.25, 0.3) is 0 Å². The van der Waals surface area contributed by atoms with Crippen LogP contribution in [0.5, 0.6) is 0 Å². The second-order valence-electron chi connectivity index (χ2n) is 8.49. The highest BCUT2D eigenvalue weighted by Crippen LogP contribution is 2.29. The first kappa shape index (κ1) is 22.3. The summed E-state index contributed by atoms with van der Waals surface area (Å²) < 4.78 is 0. The monoisotopic (exact) mass is 450 g/mol. The third-order valence-corrected chi connectivity index (χ3v) is 6.42. The molecule has 1 fully saturated rings. The number of hydrogen-bond donors (Lipinski definition) is 0. The standard InChI is InChI=1S/C26H27ClN2O3/c1-18-6-5-9-20(16-18)25(31)28(15-14-19-7-3-2-4-8-19)23-17-24(30)29(26(23)32)22-12-10-21(27)11-13-22/h5-7,9-13,16,23H,2-4,8,14-15,17H2,1H3. The van der Waals surface area contributed by atoms with Crippen molar-refractivity contribution in [3.05, 3.63) is 76.3 Å². The van der Waals surface area contributed by atoms with Gasteiger partial charge < -0.3 is 4.90 Å². The van der Waals surface area contributed by atoms with Crippen LogP contribution in [0.3, 0.4) is 0 Å². The molecule has 2 aliphatic rings. The molecule has 2 aromatic rings. The van der Waals surface area contributed by atoms with E-state index < -0.39 is 6.04 Å². The lowest BCUT2D eigenvalue weighted by Gasteiger charge is -2.29. The molecule has 1 atom stereocenters. The number of carbonyl (C=O) groups is 3. The van der Waals surface area contributed by atoms with E-state index >= 15 is 0 Å². The zero-order valence-corrected chi connectivity index (χ0v) is 19.0. The smallest absolute Gasteiger partial charge is 0.257 e. The molecule has 32 heavy (non-hydrogen) atoms. The maximum atomic E-state index is 13.5. The van der Waals surface area contributed by atoms with E-state index in [-0.39, 0.29) is 24.1 Å². The Kier molecular flexibility index (Phi) is 6.75. The van der Waals surface area contributed by atoms with E-state index in [9.17, 15) is 14.4 Å². The third-order valence-electron chi connectivity index (χ3n) is 6.17. The van der Waals surface area contributed by atoms with Gasteiger partial charge in [0.05, 0.1) is 12.1 Å². The Bertz CT molecular complexity index is 1060. The summed E-state index contributed by atoms with van der Waals surface area (Å²) in [6.45, 7) is 2.34. The maximum absolute atomic E-state index is 13.5. The second kappa shape index (κ2) is 9.70. The molecule has 0 N–H and O–H groups in total. The first-order chi connectivity index (χ1) is 15.4. The Morgan fingerprint density at radius 2 is 1.91 bits per heavy atom. The molecule has 4 rings (SSSR count). The summed E-state index contributed by atoms with van der Waals surface area (Å²) in [5.41, 5.74) is 3.31. The minimum absolute atomic E-state index is 0.0158. The average Bonchev–Trinajstić information content (AvgIpc) is 3.09. The number of allylic oxidation sites excluding steroid dienone is 1. The number of amides is 3. The van der Waals surface area contributed by atoms with Crippen molar-refractivity contribution in [2.45, 2.75) is 51.5 Å². The van der Waals surface area contributed by atoms with Crippen molar-refractivity contribution in [2.75, 3.05) is 11.4 Å². The number of nitrogens with zero attached hydrogens (tertiary/aromatic N) is 2. The highest BCUT2D eigenvalue weighted by molar-refractivity contribution is 6.31. The van der Waals surface area contributed by atoms with Gasteiger partial charge in [0.25, 0.3) is 11.8 Å². The van der Waals surface area contributed by atoms with Crippen molar-refractivity contribution in [3.8, 4) is 0 Å². The predicted molar refractivity (Wildman–Crippen MR) is 126 cm³/mol. The molecule has 0 spiro atoms. The van der Waals surface area contributed by atoms with Gasteiger partial charge in [-0.1, -0.05) is 40.9 Å². The molecule has 0 aromatic heterocycles. The van der Waals surface area contributed by atoms with Crippen molar-refractivity contribution in [2.24, 2.45) is 0 Å². The van der Waals surface area contributed by atoms with E-state index in [1.807, 2.05) is 25.1 Å². The van der Waals surface area contributed by atoms with Crippen molar-refractivity contribution in [1.29, 1.82) is 0 Å². The number of rotatable bonds is 6. The molecule has 0 radical (unpaired) electrons. The minimum atomic E-state index is -0.810. The zero-order valence-electron chi connectivity index (χ0n) is 18.2. The molecule has 0 saturated carbocycles. The van der Waals surface area contributed by atoms with Crippen molar-refractivity contribution in [1.82, 2.24) is 4.90 Å². The molecule has 1 unspecified atom stereocenters. The van der Waals surface area contributed by atoms with Gasteiger partial charge in [0.15, 0.2) is 0 Å². The molecule has 3 amide bonds. The lowest BCUT2D eigenvalue weighted by atomic mass is 9.96. The normalized spacial score (nSPS) is 18.6. The SMILES string of the molecule is Cc1cccc(C(=O)N(CCC2=CCCCC2)C2CC(=O)N(c3ccc(Cl)cc3)C2=O)c1. The third kappa shape index (κ3) is 4.78. The van der Waals surface area contributed by atoms with Crippen LogP contribution in [0.4, 0.5) is 5.69 Å². The summed E-state index contributed by atoms with van der Waals surface area (Å²) in [4.78, 5) is 42.5. The fourth-order valence-electron chi connectivity index (χ4n) is 4.46. The fourth-order valence-corrected chi connectivity index (χ4v) is 4.59. The largest absolute Gasteiger partial charge is 0.326 e. The summed E-state index contributed by atoms with van der Waals surface area (Å²) in [5.74, 6) is -0.883. The van der Waals surface area contributed by atoms with Gasteiger partial charge >= 0.3 is 0 Å². The van der Waals surface area contributed by atoms with Crippen LogP contribution in [0.1, 0.15) is 54.4 Å². The number of hydrogen-bond acceptors (Lipinski definition) is 3. The lowest BCUT2D eigenvalue weighted by Crippen LogP contribution is -2.46. The predicted octanol–water partition coefficient (Wildman–Crippen LogP) is 5.31. The van der Waals surface area contributed by atoms with Crippen molar-refractivity contribution < 1.29 is 14.4 Å². The van der Waals surface area contributed by atoms with Gasteiger partial charge in [-0.25, -0.2) is 4.90 Å². The van der Waals surface area contributed by atoms with E-state index in [2.05, 4.69) is 6.08 Å². The molecular weight excluding hydrogens is 424 g/mol. The Labute approximate surface area is 193 Å². The molecule has 0 bridgehead atoms. The van der Waals surface area contributed by atoms with Crippen LogP contribution < -0.4 is 4.90 Å². The molecule has 1 heterocycles. The number of anilines is 1. The van der Waals surface area contributed by atoms with E-state index in [1.54, 1.807) is 35.2 Å². The molecule has 1 saturated heterocycles. The van der Waals surface area contributed by atoms with Crippen LogP contribution in [-0.4, -0.2) is 35.2 Å². The zero-order chi connectivity index (χ0) is 22.7. The Morgan fingerprint density at radius 1 is 1.12 bits per heavy atom. The maximum Gasteiger partial charge on any atom is 0.257 e. The van der Waals surface area contributed by atoms with E-state index in [0.29, 0.717) is 22.8 Å². The Balaban J connectivity index is 1.61. The first-order valence-electron chi connectivity index (χ1n) is 11.1. The molecule has 1 aliphatic heterocycles. The molecule has 1 aliphatic carbocycles. The van der Waals surface area contributed by atoms with Gasteiger partial charge in [-0.2, -0.15) is 0 Å². The van der Waals surface area contributed by atoms with Crippen molar-refractivity contribution >= 4 is 35.0 Å². The van der Waals surface area contributed by atoms with Crippen LogP contribution in [0, 0.1) is 6.92 Å². The molecule has 6 heteroatoms. The molecule has 2 aromatic carbocycles. The van der Waals surface area contributed by atoms with Gasteiger partial charge in [0.2, 0.25) is 5.91 Å². The van der Waals surface area contributed by atoms with Crippen LogP contribution in [0.15, 0.2) is 60.2 Å².